The molecule has 1 aliphatic heterocycles. The van der Waals surface area contributed by atoms with Crippen LogP contribution in [-0.2, 0) is 37.1 Å². The number of hydrogen-bond donors (Lipinski definition) is 5. The number of nitrogens with one attached hydrogen (secondary N) is 3. The highest BCUT2D eigenvalue weighted by atomic mass is 32.2. The van der Waals surface area contributed by atoms with Crippen molar-refractivity contribution in [1.29, 1.82) is 0 Å². The maximum absolute atomic E-state index is 12.8. The fraction of sp³-hybridized carbons (Fsp3) is 0.400. The van der Waals surface area contributed by atoms with Gasteiger partial charge in [-0.05, 0) is 62.3 Å². The van der Waals surface area contributed by atoms with E-state index in [9.17, 15) is 52.7 Å². The predicted octanol–water partition coefficient (Wildman–Crippen LogP) is 5.01. The highest BCUT2D eigenvalue weighted by molar-refractivity contribution is 7.92. The van der Waals surface area contributed by atoms with Gasteiger partial charge in [-0.1, -0.05) is 24.6 Å². The van der Waals surface area contributed by atoms with Crippen LogP contribution in [0.1, 0.15) is 30.5 Å². The molecule has 1 saturated heterocycles. The lowest BCUT2D eigenvalue weighted by Crippen LogP contribution is -2.40. The first-order valence-corrected chi connectivity index (χ1v) is 16.4. The molecule has 3 aromatic rings. The minimum Gasteiger partial charge on any atom is -0.475 e. The average molecular weight is 778 g/mol. The van der Waals surface area contributed by atoms with E-state index < -0.39 is 46.1 Å². The smallest absolute Gasteiger partial charge is 0.475 e. The molecule has 5 N–H and O–H groups in total. The second-order valence-electron chi connectivity index (χ2n) is 10.8. The van der Waals surface area contributed by atoms with Crippen molar-refractivity contribution < 1.29 is 72.5 Å². The quantitative estimate of drug-likeness (QED) is 0.176. The molecule has 4 rings (SSSR count). The molecule has 1 amide bonds. The first-order chi connectivity index (χ1) is 24.0. The maximum Gasteiger partial charge on any atom is 0.490 e. The fourth-order valence-corrected chi connectivity index (χ4v) is 5.36. The lowest BCUT2D eigenvalue weighted by atomic mass is 10.1. The van der Waals surface area contributed by atoms with Crippen molar-refractivity contribution in [3.05, 3.63) is 65.9 Å². The number of carbonyl (C=O) groups is 3. The zero-order chi connectivity index (χ0) is 39.3. The molecule has 12 nitrogen and oxygen atoms in total. The molecule has 2 heterocycles. The molecule has 0 atom stereocenters. The van der Waals surface area contributed by atoms with Crippen molar-refractivity contribution in [1.82, 2.24) is 20.5 Å². The van der Waals surface area contributed by atoms with Crippen LogP contribution in [0, 0.1) is 0 Å². The molecule has 1 fully saturated rings. The summed E-state index contributed by atoms with van der Waals surface area (Å²) in [6, 6.07) is 11.8. The summed E-state index contributed by atoms with van der Waals surface area (Å²) in [5.41, 5.74) is 0.240. The molecule has 0 spiro atoms. The van der Waals surface area contributed by atoms with E-state index in [-0.39, 0.29) is 29.6 Å². The highest BCUT2D eigenvalue weighted by Crippen LogP contribution is 2.30. The molecule has 0 unspecified atom stereocenters. The SMILES string of the molecule is O=C(CNCc1ccc2cccc(NS(=O)(=O)c3ccc(C(F)(F)F)cc3)c2n1)NCCN1CCCCC1.O=C(O)C(F)(F)F.O=C(O)C(F)(F)F. The number of rotatable bonds is 10. The first-order valence-electron chi connectivity index (χ1n) is 14.9. The molecule has 0 aliphatic carbocycles. The molecular formula is C30H32F9N5O7S. The molecule has 1 aliphatic rings. The number of nitrogens with zero attached hydrogens (tertiary/aromatic N) is 2. The third-order valence-electron chi connectivity index (χ3n) is 6.79. The lowest BCUT2D eigenvalue weighted by Gasteiger charge is -2.26. The number of likely N-dealkylation sites (tertiary alicyclic amines) is 1. The zero-order valence-electron chi connectivity index (χ0n) is 26.7. The number of piperidine rings is 1. The highest BCUT2D eigenvalue weighted by Gasteiger charge is 2.39. The van der Waals surface area contributed by atoms with Crippen LogP contribution in [0.15, 0.2) is 59.5 Å². The van der Waals surface area contributed by atoms with Crippen LogP contribution in [0.2, 0.25) is 0 Å². The van der Waals surface area contributed by atoms with Crippen molar-refractivity contribution in [3.8, 4) is 0 Å². The summed E-state index contributed by atoms with van der Waals surface area (Å²) in [5, 5.41) is 20.9. The van der Waals surface area contributed by atoms with E-state index in [1.165, 1.54) is 25.3 Å². The number of halogens is 9. The topological polar surface area (TPSA) is 178 Å². The van der Waals surface area contributed by atoms with Gasteiger partial charge in [0.05, 0.1) is 33.9 Å². The van der Waals surface area contributed by atoms with Crippen LogP contribution < -0.4 is 15.4 Å². The van der Waals surface area contributed by atoms with Crippen LogP contribution >= 0.6 is 0 Å². The van der Waals surface area contributed by atoms with E-state index in [1.807, 2.05) is 0 Å². The lowest BCUT2D eigenvalue weighted by molar-refractivity contribution is -0.193. The van der Waals surface area contributed by atoms with Gasteiger partial charge in [0.1, 0.15) is 0 Å². The molecular weight excluding hydrogens is 745 g/mol. The Morgan fingerprint density at radius 1 is 0.788 bits per heavy atom. The van der Waals surface area contributed by atoms with Gasteiger partial charge in [-0.3, -0.25) is 9.52 Å². The van der Waals surface area contributed by atoms with Crippen molar-refractivity contribution in [2.24, 2.45) is 0 Å². The Morgan fingerprint density at radius 2 is 1.35 bits per heavy atom. The number of para-hydroxylation sites is 1. The molecule has 52 heavy (non-hydrogen) atoms. The molecule has 2 aromatic carbocycles. The van der Waals surface area contributed by atoms with Gasteiger partial charge in [-0.25, -0.2) is 23.0 Å². The Bertz CT molecular complexity index is 1740. The zero-order valence-corrected chi connectivity index (χ0v) is 27.5. The van der Waals surface area contributed by atoms with Crippen molar-refractivity contribution in [2.75, 3.05) is 37.4 Å². The van der Waals surface area contributed by atoms with Crippen molar-refractivity contribution in [2.45, 2.75) is 49.2 Å². The number of aromatic nitrogens is 1. The molecule has 0 radical (unpaired) electrons. The van der Waals surface area contributed by atoms with Crippen LogP contribution in [0.3, 0.4) is 0 Å². The number of alkyl halides is 9. The van der Waals surface area contributed by atoms with Gasteiger partial charge in [-0.15, -0.1) is 0 Å². The summed E-state index contributed by atoms with van der Waals surface area (Å²) in [6.07, 6.45) is -11.1. The van der Waals surface area contributed by atoms with Gasteiger partial charge in [0.15, 0.2) is 0 Å². The monoisotopic (exact) mass is 777 g/mol. The third-order valence-corrected chi connectivity index (χ3v) is 8.17. The van der Waals surface area contributed by atoms with Gasteiger partial charge in [-0.2, -0.15) is 39.5 Å². The van der Waals surface area contributed by atoms with Crippen molar-refractivity contribution in [3.63, 3.8) is 0 Å². The van der Waals surface area contributed by atoms with E-state index in [2.05, 4.69) is 25.2 Å². The van der Waals surface area contributed by atoms with Gasteiger partial charge < -0.3 is 25.7 Å². The summed E-state index contributed by atoms with van der Waals surface area (Å²) in [6.45, 7) is 3.98. The number of hydrogen-bond acceptors (Lipinski definition) is 8. The Balaban J connectivity index is 0.000000564. The second kappa shape index (κ2) is 18.7. The van der Waals surface area contributed by atoms with Crippen LogP contribution in [0.25, 0.3) is 10.9 Å². The first kappa shape index (κ1) is 43.5. The largest absolute Gasteiger partial charge is 0.490 e. The summed E-state index contributed by atoms with van der Waals surface area (Å²) in [7, 11) is -4.15. The van der Waals surface area contributed by atoms with Gasteiger partial charge in [0.2, 0.25) is 5.91 Å². The molecule has 22 heteroatoms. The number of benzene rings is 2. The number of aliphatic carboxylic acids is 2. The van der Waals surface area contributed by atoms with E-state index in [4.69, 9.17) is 19.8 Å². The summed E-state index contributed by atoms with van der Waals surface area (Å²) >= 11 is 0. The summed E-state index contributed by atoms with van der Waals surface area (Å²) < 4.78 is 130. The van der Waals surface area contributed by atoms with Crippen LogP contribution in [0.5, 0.6) is 0 Å². The number of carbonyl (C=O) groups excluding carboxylic acids is 1. The van der Waals surface area contributed by atoms with Crippen molar-refractivity contribution >= 4 is 44.5 Å². The number of anilines is 1. The Hall–Kier alpha value is -4.70. The summed E-state index contributed by atoms with van der Waals surface area (Å²) in [4.78, 5) is 36.5. The van der Waals surface area contributed by atoms with Gasteiger partial charge in [0, 0.05) is 25.0 Å². The van der Waals surface area contributed by atoms with E-state index in [1.54, 1.807) is 24.3 Å². The number of sulfonamides is 1. The molecule has 1 aromatic heterocycles. The minimum atomic E-state index is -5.08. The number of fused-ring (bicyclic) bond motifs is 1. The average Bonchev–Trinajstić information content (AvgIpc) is 3.05. The van der Waals surface area contributed by atoms with Crippen LogP contribution in [0.4, 0.5) is 45.2 Å². The standard InChI is InChI=1S/C26H30F3N5O3S.2C2HF3O2/c27-26(28,29)20-8-11-22(12-9-20)38(36,37)33-23-6-4-5-19-7-10-21(32-25(19)23)17-30-18-24(35)31-13-16-34-14-2-1-3-15-34;2*3-2(4,5)1(6)7/h4-12,30,33H,1-3,13-18H2,(H,31,35);2*(H,6,7). The molecule has 288 valence electrons. The predicted molar refractivity (Wildman–Crippen MR) is 166 cm³/mol. The number of carboxylic acids is 2. The number of amides is 1. The third kappa shape index (κ3) is 14.9. The molecule has 0 saturated carbocycles. The normalized spacial score (nSPS) is 13.9. The van der Waals surface area contributed by atoms with E-state index in [0.717, 1.165) is 43.9 Å². The van der Waals surface area contributed by atoms with Gasteiger partial charge in [0.25, 0.3) is 10.0 Å². The number of pyridine rings is 1. The maximum atomic E-state index is 12.8. The van der Waals surface area contributed by atoms with E-state index >= 15 is 0 Å². The van der Waals surface area contributed by atoms with Gasteiger partial charge >= 0.3 is 30.5 Å². The Morgan fingerprint density at radius 3 is 1.87 bits per heavy atom. The molecule has 0 bridgehead atoms. The van der Waals surface area contributed by atoms with Crippen LogP contribution in [-0.4, -0.2) is 91.4 Å². The Kier molecular flexibility index (Phi) is 15.6. The van der Waals surface area contributed by atoms with E-state index in [0.29, 0.717) is 23.1 Å². The second-order valence-corrected chi connectivity index (χ2v) is 12.5. The Labute approximate surface area is 290 Å². The number of carboxylic acid groups (broad SMARTS) is 2. The summed E-state index contributed by atoms with van der Waals surface area (Å²) in [5.74, 6) is -5.63. The minimum absolute atomic E-state index is 0.113. The fourth-order valence-electron chi connectivity index (χ4n) is 4.30.